The Labute approximate surface area is 147 Å². The van der Waals surface area contributed by atoms with Crippen LogP contribution >= 0.6 is 11.6 Å². The largest absolute Gasteiger partial charge is 0.370 e. The molecule has 1 saturated heterocycles. The molecule has 1 aliphatic rings. The highest BCUT2D eigenvalue weighted by atomic mass is 35.5. The molecule has 0 radical (unpaired) electrons. The molecule has 0 aromatic heterocycles. The van der Waals surface area contributed by atoms with Crippen LogP contribution in [0.2, 0.25) is 5.02 Å². The van der Waals surface area contributed by atoms with Crippen molar-refractivity contribution in [2.45, 2.75) is 26.3 Å². The smallest absolute Gasteiger partial charge is 0.319 e. The van der Waals surface area contributed by atoms with E-state index < -0.39 is 0 Å². The summed E-state index contributed by atoms with van der Waals surface area (Å²) < 4.78 is 0. The first-order valence-electron chi connectivity index (χ1n) is 8.27. The second kappa shape index (κ2) is 7.58. The summed E-state index contributed by atoms with van der Waals surface area (Å²) in [6, 6.07) is 13.5. The van der Waals surface area contributed by atoms with Gasteiger partial charge in [-0.2, -0.15) is 0 Å². The van der Waals surface area contributed by atoms with Crippen LogP contribution in [0.15, 0.2) is 42.5 Å². The van der Waals surface area contributed by atoms with Crippen LogP contribution in [-0.2, 0) is 6.54 Å². The van der Waals surface area contributed by atoms with E-state index in [0.717, 1.165) is 24.3 Å². The van der Waals surface area contributed by atoms with Gasteiger partial charge in [-0.3, -0.25) is 0 Å². The van der Waals surface area contributed by atoms with Gasteiger partial charge in [0.15, 0.2) is 0 Å². The predicted molar refractivity (Wildman–Crippen MR) is 99.9 cm³/mol. The zero-order chi connectivity index (χ0) is 16.9. The summed E-state index contributed by atoms with van der Waals surface area (Å²) in [7, 11) is 0. The van der Waals surface area contributed by atoms with Crippen LogP contribution in [0.4, 0.5) is 16.2 Å². The minimum atomic E-state index is -0.236. The molecule has 0 atom stereocenters. The normalized spacial score (nSPS) is 13.8. The van der Waals surface area contributed by atoms with Crippen molar-refractivity contribution in [3.8, 4) is 0 Å². The minimum absolute atomic E-state index is 0.236. The van der Waals surface area contributed by atoms with E-state index in [1.807, 2.05) is 43.3 Å². The molecule has 3 rings (SSSR count). The van der Waals surface area contributed by atoms with Gasteiger partial charge < -0.3 is 15.5 Å². The maximum Gasteiger partial charge on any atom is 0.319 e. The highest BCUT2D eigenvalue weighted by Gasteiger charge is 2.15. The van der Waals surface area contributed by atoms with Crippen molar-refractivity contribution in [2.75, 3.05) is 23.3 Å². The molecule has 0 spiro atoms. The Hall–Kier alpha value is -2.20. The number of nitrogens with one attached hydrogen (secondary N) is 2. The summed E-state index contributed by atoms with van der Waals surface area (Å²) >= 11 is 6.37. The zero-order valence-corrected chi connectivity index (χ0v) is 14.6. The summed E-state index contributed by atoms with van der Waals surface area (Å²) in [6.45, 7) is 4.62. The van der Waals surface area contributed by atoms with E-state index in [1.54, 1.807) is 6.07 Å². The van der Waals surface area contributed by atoms with Crippen molar-refractivity contribution in [1.82, 2.24) is 5.32 Å². The molecule has 5 heteroatoms. The first kappa shape index (κ1) is 16.7. The number of carbonyl (C=O) groups excluding carboxylic acids is 1. The molecule has 1 fully saturated rings. The number of hydrogen-bond acceptors (Lipinski definition) is 2. The number of halogens is 1. The van der Waals surface area contributed by atoms with E-state index in [-0.39, 0.29) is 6.03 Å². The second-order valence-corrected chi connectivity index (χ2v) is 6.56. The number of carbonyl (C=O) groups is 1. The van der Waals surface area contributed by atoms with Gasteiger partial charge in [0.05, 0.1) is 10.7 Å². The van der Waals surface area contributed by atoms with Gasteiger partial charge >= 0.3 is 6.03 Å². The molecule has 0 saturated carbocycles. The van der Waals surface area contributed by atoms with Crippen LogP contribution in [0, 0.1) is 6.92 Å². The number of nitrogens with zero attached hydrogens (tertiary/aromatic N) is 1. The highest BCUT2D eigenvalue weighted by Crippen LogP contribution is 2.31. The summed E-state index contributed by atoms with van der Waals surface area (Å²) in [6.07, 6.45) is 2.41. The molecule has 0 unspecified atom stereocenters. The van der Waals surface area contributed by atoms with Gasteiger partial charge in [-0.25, -0.2) is 4.79 Å². The van der Waals surface area contributed by atoms with Crippen molar-refractivity contribution in [3.05, 3.63) is 58.6 Å². The first-order valence-corrected chi connectivity index (χ1v) is 8.64. The Kier molecular flexibility index (Phi) is 5.26. The van der Waals surface area contributed by atoms with Crippen LogP contribution in [-0.4, -0.2) is 19.1 Å². The lowest BCUT2D eigenvalue weighted by Crippen LogP contribution is -2.28. The fourth-order valence-corrected chi connectivity index (χ4v) is 3.16. The number of benzene rings is 2. The van der Waals surface area contributed by atoms with Crippen molar-refractivity contribution in [2.24, 2.45) is 0 Å². The Morgan fingerprint density at radius 1 is 1.12 bits per heavy atom. The molecule has 2 aromatic rings. The monoisotopic (exact) mass is 343 g/mol. The average Bonchev–Trinajstić information content (AvgIpc) is 3.09. The summed E-state index contributed by atoms with van der Waals surface area (Å²) in [5, 5.41) is 6.36. The van der Waals surface area contributed by atoms with Gasteiger partial charge in [0.1, 0.15) is 0 Å². The van der Waals surface area contributed by atoms with Crippen LogP contribution in [0.5, 0.6) is 0 Å². The second-order valence-electron chi connectivity index (χ2n) is 6.15. The molecular formula is C19H22ClN3O. The van der Waals surface area contributed by atoms with Gasteiger partial charge in [-0.05, 0) is 43.5 Å². The Morgan fingerprint density at radius 2 is 1.83 bits per heavy atom. The molecule has 0 aliphatic carbocycles. The van der Waals surface area contributed by atoms with E-state index >= 15 is 0 Å². The first-order chi connectivity index (χ1) is 11.6. The van der Waals surface area contributed by atoms with Crippen LogP contribution in [0.25, 0.3) is 0 Å². The van der Waals surface area contributed by atoms with Crippen molar-refractivity contribution in [1.29, 1.82) is 0 Å². The number of amides is 2. The molecular weight excluding hydrogens is 322 g/mol. The summed E-state index contributed by atoms with van der Waals surface area (Å²) in [5.74, 6) is 0. The standard InChI is InChI=1S/C19H22ClN3O/c1-14-4-6-15(7-5-14)13-21-19(24)22-16-8-9-18(17(20)12-16)23-10-2-3-11-23/h4-9,12H,2-3,10-11,13H2,1H3,(H2,21,22,24). The number of rotatable bonds is 4. The Morgan fingerprint density at radius 3 is 2.50 bits per heavy atom. The fourth-order valence-electron chi connectivity index (χ4n) is 2.86. The maximum atomic E-state index is 12.0. The third-order valence-corrected chi connectivity index (χ3v) is 4.53. The molecule has 4 nitrogen and oxygen atoms in total. The average molecular weight is 344 g/mol. The Bertz CT molecular complexity index is 709. The molecule has 24 heavy (non-hydrogen) atoms. The van der Waals surface area contributed by atoms with Crippen molar-refractivity contribution >= 4 is 29.0 Å². The van der Waals surface area contributed by atoms with E-state index in [0.29, 0.717) is 17.3 Å². The molecule has 1 heterocycles. The van der Waals surface area contributed by atoms with E-state index in [9.17, 15) is 4.79 Å². The number of urea groups is 1. The van der Waals surface area contributed by atoms with Gasteiger partial charge in [0.25, 0.3) is 0 Å². The molecule has 0 bridgehead atoms. The zero-order valence-electron chi connectivity index (χ0n) is 13.8. The van der Waals surface area contributed by atoms with Gasteiger partial charge in [-0.1, -0.05) is 41.4 Å². The van der Waals surface area contributed by atoms with Crippen LogP contribution < -0.4 is 15.5 Å². The van der Waals surface area contributed by atoms with Crippen molar-refractivity contribution in [3.63, 3.8) is 0 Å². The molecule has 2 N–H and O–H groups in total. The number of aryl methyl sites for hydroxylation is 1. The molecule has 126 valence electrons. The van der Waals surface area contributed by atoms with Gasteiger partial charge in [0, 0.05) is 25.3 Å². The molecule has 1 aliphatic heterocycles. The van der Waals surface area contributed by atoms with E-state index in [2.05, 4.69) is 15.5 Å². The fraction of sp³-hybridized carbons (Fsp3) is 0.316. The lowest BCUT2D eigenvalue weighted by atomic mass is 10.1. The van der Waals surface area contributed by atoms with Gasteiger partial charge in [-0.15, -0.1) is 0 Å². The van der Waals surface area contributed by atoms with E-state index in [1.165, 1.54) is 18.4 Å². The van der Waals surface area contributed by atoms with E-state index in [4.69, 9.17) is 11.6 Å². The summed E-state index contributed by atoms with van der Waals surface area (Å²) in [5.41, 5.74) is 4.01. The molecule has 2 amide bonds. The highest BCUT2D eigenvalue weighted by molar-refractivity contribution is 6.33. The number of hydrogen-bond donors (Lipinski definition) is 2. The lowest BCUT2D eigenvalue weighted by Gasteiger charge is -2.19. The third-order valence-electron chi connectivity index (χ3n) is 4.23. The van der Waals surface area contributed by atoms with Crippen LogP contribution in [0.3, 0.4) is 0 Å². The predicted octanol–water partition coefficient (Wildman–Crippen LogP) is 4.57. The van der Waals surface area contributed by atoms with Crippen LogP contribution in [0.1, 0.15) is 24.0 Å². The molecule has 2 aromatic carbocycles. The third kappa shape index (κ3) is 4.20. The van der Waals surface area contributed by atoms with Crippen molar-refractivity contribution < 1.29 is 4.79 Å². The lowest BCUT2D eigenvalue weighted by molar-refractivity contribution is 0.251. The topological polar surface area (TPSA) is 44.4 Å². The minimum Gasteiger partial charge on any atom is -0.370 e. The SMILES string of the molecule is Cc1ccc(CNC(=O)Nc2ccc(N3CCCC3)c(Cl)c2)cc1. The number of anilines is 2. The summed E-state index contributed by atoms with van der Waals surface area (Å²) in [4.78, 5) is 14.3. The maximum absolute atomic E-state index is 12.0. The van der Waals surface area contributed by atoms with Gasteiger partial charge in [0.2, 0.25) is 0 Å². The quantitative estimate of drug-likeness (QED) is 0.854. The Balaban J connectivity index is 1.56.